The Morgan fingerprint density at radius 1 is 1.44 bits per heavy atom. The molecule has 0 aromatic carbocycles. The highest BCUT2D eigenvalue weighted by Gasteiger charge is 2.10. The van der Waals surface area contributed by atoms with Crippen LogP contribution in [0, 0.1) is 25.2 Å². The van der Waals surface area contributed by atoms with E-state index in [0.717, 1.165) is 20.6 Å². The van der Waals surface area contributed by atoms with Crippen molar-refractivity contribution in [1.29, 1.82) is 5.26 Å². The molecule has 0 aliphatic carbocycles. The lowest BCUT2D eigenvalue weighted by Crippen LogP contribution is -1.93. The van der Waals surface area contributed by atoms with E-state index in [1.807, 2.05) is 19.9 Å². The van der Waals surface area contributed by atoms with E-state index in [0.29, 0.717) is 5.56 Å². The molecule has 2 rings (SSSR count). The van der Waals surface area contributed by atoms with E-state index in [9.17, 15) is 0 Å². The third-order valence-corrected chi connectivity index (χ3v) is 3.70. The van der Waals surface area contributed by atoms with Crippen molar-refractivity contribution in [3.8, 4) is 6.07 Å². The highest BCUT2D eigenvalue weighted by molar-refractivity contribution is 8.01. The molecule has 2 aromatic heterocycles. The van der Waals surface area contributed by atoms with Gasteiger partial charge in [0.2, 0.25) is 0 Å². The van der Waals surface area contributed by atoms with Gasteiger partial charge in [-0.1, -0.05) is 11.8 Å². The number of pyridine rings is 1. The Morgan fingerprint density at radius 3 is 2.88 bits per heavy atom. The van der Waals surface area contributed by atoms with Gasteiger partial charge in [-0.05, 0) is 31.4 Å². The van der Waals surface area contributed by atoms with E-state index in [1.54, 1.807) is 0 Å². The minimum absolute atomic E-state index is 0.616. The Morgan fingerprint density at radius 2 is 2.25 bits per heavy atom. The highest BCUT2D eigenvalue weighted by atomic mass is 32.2. The fourth-order valence-electron chi connectivity index (χ4n) is 1.31. The third kappa shape index (κ3) is 2.21. The zero-order valence-corrected chi connectivity index (χ0v) is 10.4. The lowest BCUT2D eigenvalue weighted by atomic mass is 10.2. The molecular weight excluding hydrogens is 240 g/mol. The van der Waals surface area contributed by atoms with Gasteiger partial charge in [-0.15, -0.1) is 0 Å². The molecule has 0 N–H and O–H groups in total. The minimum Gasteiger partial charge on any atom is -0.257 e. The number of nitrogens with zero attached hydrogens (tertiary/aromatic N) is 4. The van der Waals surface area contributed by atoms with Crippen LogP contribution in [0.1, 0.15) is 17.0 Å². The standard InChI is InChI=1S/C10H8N4S2/c1-6-3-9(8(4-11)7(2)14-6)15-10-12-5-13-16-10/h3,5H,1-2H3. The van der Waals surface area contributed by atoms with Gasteiger partial charge in [0.25, 0.3) is 0 Å². The van der Waals surface area contributed by atoms with E-state index in [1.165, 1.54) is 29.6 Å². The second-order valence-corrected chi connectivity index (χ2v) is 5.21. The maximum absolute atomic E-state index is 9.08. The summed E-state index contributed by atoms with van der Waals surface area (Å²) in [7, 11) is 0. The Labute approximate surface area is 102 Å². The molecule has 80 valence electrons. The number of aryl methyl sites for hydroxylation is 2. The van der Waals surface area contributed by atoms with Crippen molar-refractivity contribution in [3.05, 3.63) is 29.3 Å². The molecule has 0 saturated heterocycles. The largest absolute Gasteiger partial charge is 0.257 e. The van der Waals surface area contributed by atoms with Gasteiger partial charge >= 0.3 is 0 Å². The summed E-state index contributed by atoms with van der Waals surface area (Å²) in [6, 6.07) is 4.08. The fourth-order valence-corrected chi connectivity index (χ4v) is 2.95. The van der Waals surface area contributed by atoms with Gasteiger partial charge in [-0.2, -0.15) is 9.64 Å². The number of aromatic nitrogens is 3. The number of hydrogen-bond donors (Lipinski definition) is 0. The maximum Gasteiger partial charge on any atom is 0.174 e. The SMILES string of the molecule is Cc1cc(Sc2ncns2)c(C#N)c(C)n1. The first-order valence-corrected chi connectivity index (χ1v) is 6.12. The second-order valence-electron chi connectivity index (χ2n) is 3.14. The van der Waals surface area contributed by atoms with Gasteiger partial charge in [0.15, 0.2) is 4.34 Å². The molecule has 0 atom stereocenters. The van der Waals surface area contributed by atoms with Gasteiger partial charge < -0.3 is 0 Å². The molecule has 0 bridgehead atoms. The molecule has 6 heteroatoms. The van der Waals surface area contributed by atoms with Gasteiger partial charge in [-0.3, -0.25) is 4.98 Å². The summed E-state index contributed by atoms with van der Waals surface area (Å²) >= 11 is 2.78. The molecule has 0 spiro atoms. The van der Waals surface area contributed by atoms with Crippen molar-refractivity contribution >= 4 is 23.3 Å². The van der Waals surface area contributed by atoms with Gasteiger partial charge in [-0.25, -0.2) is 4.98 Å². The first-order chi connectivity index (χ1) is 7.70. The van der Waals surface area contributed by atoms with Crippen LogP contribution < -0.4 is 0 Å². The topological polar surface area (TPSA) is 62.5 Å². The summed E-state index contributed by atoms with van der Waals surface area (Å²) < 4.78 is 4.76. The molecule has 16 heavy (non-hydrogen) atoms. The van der Waals surface area contributed by atoms with Crippen LogP contribution in [-0.4, -0.2) is 14.3 Å². The molecule has 2 heterocycles. The summed E-state index contributed by atoms with van der Waals surface area (Å²) in [6.45, 7) is 3.76. The molecule has 0 amide bonds. The van der Waals surface area contributed by atoms with E-state index >= 15 is 0 Å². The second kappa shape index (κ2) is 4.60. The Kier molecular flexibility index (Phi) is 3.17. The van der Waals surface area contributed by atoms with E-state index in [2.05, 4.69) is 20.4 Å². The van der Waals surface area contributed by atoms with Crippen molar-refractivity contribution in [2.45, 2.75) is 23.1 Å². The normalized spacial score (nSPS) is 10.1. The molecule has 0 aliphatic rings. The smallest absolute Gasteiger partial charge is 0.174 e. The summed E-state index contributed by atoms with van der Waals surface area (Å²) in [5.41, 5.74) is 2.28. The van der Waals surface area contributed by atoms with Crippen molar-refractivity contribution in [2.75, 3.05) is 0 Å². The number of rotatable bonds is 2. The fraction of sp³-hybridized carbons (Fsp3) is 0.200. The lowest BCUT2D eigenvalue weighted by Gasteiger charge is -2.05. The molecule has 2 aromatic rings. The van der Waals surface area contributed by atoms with E-state index in [-0.39, 0.29) is 0 Å². The summed E-state index contributed by atoms with van der Waals surface area (Å²) in [5, 5.41) is 9.08. The molecule has 0 saturated carbocycles. The first kappa shape index (κ1) is 11.0. The van der Waals surface area contributed by atoms with Crippen molar-refractivity contribution < 1.29 is 0 Å². The summed E-state index contributed by atoms with van der Waals surface area (Å²) in [6.07, 6.45) is 1.51. The van der Waals surface area contributed by atoms with Crippen LogP contribution in [0.4, 0.5) is 0 Å². The maximum atomic E-state index is 9.08. The van der Waals surface area contributed by atoms with Crippen LogP contribution in [-0.2, 0) is 0 Å². The van der Waals surface area contributed by atoms with Gasteiger partial charge in [0.05, 0.1) is 11.3 Å². The van der Waals surface area contributed by atoms with E-state index in [4.69, 9.17) is 5.26 Å². The highest BCUT2D eigenvalue weighted by Crippen LogP contribution is 2.31. The third-order valence-electron chi connectivity index (χ3n) is 1.94. The molecule has 0 aliphatic heterocycles. The van der Waals surface area contributed by atoms with Gasteiger partial charge in [0, 0.05) is 10.6 Å². The summed E-state index contributed by atoms with van der Waals surface area (Å²) in [4.78, 5) is 9.25. The Bertz CT molecular complexity index is 543. The Balaban J connectivity index is 2.44. The average molecular weight is 248 g/mol. The van der Waals surface area contributed by atoms with Crippen LogP contribution in [0.5, 0.6) is 0 Å². The van der Waals surface area contributed by atoms with Crippen LogP contribution in [0.2, 0.25) is 0 Å². The predicted octanol–water partition coefficient (Wildman–Crippen LogP) is 2.57. The molecular formula is C10H8N4S2. The quantitative estimate of drug-likeness (QED) is 0.817. The average Bonchev–Trinajstić information content (AvgIpc) is 2.70. The molecule has 0 unspecified atom stereocenters. The van der Waals surface area contributed by atoms with Crippen molar-refractivity contribution in [1.82, 2.24) is 14.3 Å². The molecule has 0 radical (unpaired) electrons. The number of hydrogen-bond acceptors (Lipinski definition) is 6. The lowest BCUT2D eigenvalue weighted by molar-refractivity contribution is 1.07. The van der Waals surface area contributed by atoms with Crippen LogP contribution >= 0.6 is 23.3 Å². The predicted molar refractivity (Wildman–Crippen MR) is 62.5 cm³/mol. The zero-order valence-electron chi connectivity index (χ0n) is 8.76. The monoisotopic (exact) mass is 248 g/mol. The summed E-state index contributed by atoms with van der Waals surface area (Å²) in [5.74, 6) is 0. The molecule has 4 nitrogen and oxygen atoms in total. The van der Waals surface area contributed by atoms with Crippen LogP contribution in [0.25, 0.3) is 0 Å². The van der Waals surface area contributed by atoms with Crippen LogP contribution in [0.3, 0.4) is 0 Å². The minimum atomic E-state index is 0.616. The van der Waals surface area contributed by atoms with Gasteiger partial charge in [0.1, 0.15) is 12.4 Å². The number of nitriles is 1. The van der Waals surface area contributed by atoms with Crippen molar-refractivity contribution in [3.63, 3.8) is 0 Å². The van der Waals surface area contributed by atoms with Crippen LogP contribution in [0.15, 0.2) is 21.6 Å². The first-order valence-electron chi connectivity index (χ1n) is 4.53. The molecule has 0 fully saturated rings. The zero-order chi connectivity index (χ0) is 11.5. The van der Waals surface area contributed by atoms with E-state index < -0.39 is 0 Å². The van der Waals surface area contributed by atoms with Crippen molar-refractivity contribution in [2.24, 2.45) is 0 Å². The Hall–Kier alpha value is -1.45.